The van der Waals surface area contributed by atoms with E-state index in [0.29, 0.717) is 18.9 Å². The molecule has 1 atom stereocenters. The number of nitrogens with one attached hydrogen (secondary N) is 2. The van der Waals surface area contributed by atoms with E-state index in [1.807, 2.05) is 13.0 Å². The normalized spacial score (nSPS) is 19.0. The highest BCUT2D eigenvalue weighted by atomic mass is 16.5. The number of amides is 2. The summed E-state index contributed by atoms with van der Waals surface area (Å²) in [5, 5.41) is 5.93. The molecule has 5 heteroatoms. The van der Waals surface area contributed by atoms with Gasteiger partial charge >= 0.3 is 0 Å². The van der Waals surface area contributed by atoms with Crippen LogP contribution in [0.4, 0.5) is 5.69 Å². The number of hydrogen-bond donors (Lipinski definition) is 2. The van der Waals surface area contributed by atoms with E-state index >= 15 is 0 Å². The molecule has 0 saturated heterocycles. The number of benzene rings is 1. The van der Waals surface area contributed by atoms with Crippen molar-refractivity contribution in [2.45, 2.75) is 44.9 Å². The number of carbonyl (C=O) groups is 2. The standard InChI is InChI=1S/C17H22N2O3/c1-2-3-14(20)18-9-8-12-5-4-11-6-7-13-17(16(11)12)19-15(21)10-22-13/h6-7,12H,2-5,8-10H2,1H3,(H,18,20)(H,19,21). The van der Waals surface area contributed by atoms with Crippen LogP contribution in [0.2, 0.25) is 0 Å². The third-order valence-electron chi connectivity index (χ3n) is 4.38. The highest BCUT2D eigenvalue weighted by Gasteiger charge is 2.30. The lowest BCUT2D eigenvalue weighted by atomic mass is 9.95. The molecular formula is C17H22N2O3. The van der Waals surface area contributed by atoms with E-state index in [1.165, 1.54) is 11.1 Å². The number of aryl methyl sites for hydroxylation is 1. The highest BCUT2D eigenvalue weighted by Crippen LogP contribution is 2.45. The third-order valence-corrected chi connectivity index (χ3v) is 4.38. The minimum Gasteiger partial charge on any atom is -0.482 e. The molecule has 2 amide bonds. The van der Waals surface area contributed by atoms with E-state index in [-0.39, 0.29) is 18.4 Å². The topological polar surface area (TPSA) is 67.4 Å². The average molecular weight is 302 g/mol. The second-order valence-electron chi connectivity index (χ2n) is 5.97. The van der Waals surface area contributed by atoms with Gasteiger partial charge in [0, 0.05) is 13.0 Å². The van der Waals surface area contributed by atoms with Gasteiger partial charge in [-0.15, -0.1) is 0 Å². The molecule has 3 rings (SSSR count). The first-order valence-corrected chi connectivity index (χ1v) is 8.04. The van der Waals surface area contributed by atoms with Crippen LogP contribution in [-0.4, -0.2) is 25.0 Å². The fraction of sp³-hybridized carbons (Fsp3) is 0.529. The molecule has 0 fully saturated rings. The Labute approximate surface area is 130 Å². The Morgan fingerprint density at radius 1 is 1.45 bits per heavy atom. The average Bonchev–Trinajstić information content (AvgIpc) is 2.91. The number of carbonyl (C=O) groups excluding carboxylic acids is 2. The Balaban J connectivity index is 1.71. The molecule has 0 bridgehead atoms. The molecule has 0 radical (unpaired) electrons. The summed E-state index contributed by atoms with van der Waals surface area (Å²) >= 11 is 0. The van der Waals surface area contributed by atoms with Crippen LogP contribution in [0.25, 0.3) is 0 Å². The van der Waals surface area contributed by atoms with Crippen LogP contribution in [0.15, 0.2) is 12.1 Å². The SMILES string of the molecule is CCCC(=O)NCCC1CCc2ccc3c(c21)NC(=O)CO3. The van der Waals surface area contributed by atoms with Gasteiger partial charge in [-0.05, 0) is 48.8 Å². The minimum atomic E-state index is -0.0946. The summed E-state index contributed by atoms with van der Waals surface area (Å²) in [7, 11) is 0. The number of rotatable bonds is 5. The summed E-state index contributed by atoms with van der Waals surface area (Å²) in [5.74, 6) is 1.16. The van der Waals surface area contributed by atoms with Crippen molar-refractivity contribution in [2.24, 2.45) is 0 Å². The van der Waals surface area contributed by atoms with Gasteiger partial charge in [-0.1, -0.05) is 13.0 Å². The Kier molecular flexibility index (Phi) is 4.32. The zero-order valence-electron chi connectivity index (χ0n) is 12.9. The van der Waals surface area contributed by atoms with Crippen LogP contribution >= 0.6 is 0 Å². The number of fused-ring (bicyclic) bond motifs is 3. The maximum atomic E-state index is 11.6. The number of ether oxygens (including phenoxy) is 1. The minimum absolute atomic E-state index is 0.0868. The van der Waals surface area contributed by atoms with Crippen LogP contribution in [0.3, 0.4) is 0 Å². The second-order valence-corrected chi connectivity index (χ2v) is 5.97. The van der Waals surface area contributed by atoms with Crippen LogP contribution in [0.1, 0.15) is 49.7 Å². The summed E-state index contributed by atoms with van der Waals surface area (Å²) in [6.07, 6.45) is 4.43. The molecule has 118 valence electrons. The second kappa shape index (κ2) is 6.38. The van der Waals surface area contributed by atoms with Crippen LogP contribution in [0.5, 0.6) is 5.75 Å². The van der Waals surface area contributed by atoms with Gasteiger partial charge in [0.1, 0.15) is 5.75 Å². The van der Waals surface area contributed by atoms with Gasteiger partial charge in [0.15, 0.2) is 6.61 Å². The molecule has 1 aromatic carbocycles. The molecule has 2 N–H and O–H groups in total. The molecule has 0 aromatic heterocycles. The first-order chi connectivity index (χ1) is 10.7. The fourth-order valence-corrected chi connectivity index (χ4v) is 3.36. The molecule has 5 nitrogen and oxygen atoms in total. The fourth-order valence-electron chi connectivity index (χ4n) is 3.36. The van der Waals surface area contributed by atoms with Crippen molar-refractivity contribution >= 4 is 17.5 Å². The lowest BCUT2D eigenvalue weighted by molar-refractivity contribution is -0.121. The first-order valence-electron chi connectivity index (χ1n) is 8.04. The molecule has 1 aliphatic heterocycles. The predicted molar refractivity (Wildman–Crippen MR) is 84.2 cm³/mol. The molecular weight excluding hydrogens is 280 g/mol. The smallest absolute Gasteiger partial charge is 0.262 e. The quantitative estimate of drug-likeness (QED) is 0.877. The van der Waals surface area contributed by atoms with Gasteiger partial charge in [-0.3, -0.25) is 9.59 Å². The largest absolute Gasteiger partial charge is 0.482 e. The van der Waals surface area contributed by atoms with Crippen molar-refractivity contribution < 1.29 is 14.3 Å². The highest BCUT2D eigenvalue weighted by molar-refractivity contribution is 5.96. The summed E-state index contributed by atoms with van der Waals surface area (Å²) < 4.78 is 5.50. The Morgan fingerprint density at radius 3 is 3.14 bits per heavy atom. The van der Waals surface area contributed by atoms with Crippen molar-refractivity contribution in [1.82, 2.24) is 5.32 Å². The zero-order valence-corrected chi connectivity index (χ0v) is 12.9. The monoisotopic (exact) mass is 302 g/mol. The molecule has 1 heterocycles. The molecule has 1 aromatic rings. The van der Waals surface area contributed by atoms with Crippen molar-refractivity contribution in [3.8, 4) is 5.75 Å². The van der Waals surface area contributed by atoms with Gasteiger partial charge in [0.2, 0.25) is 5.91 Å². The van der Waals surface area contributed by atoms with Crippen LogP contribution in [-0.2, 0) is 16.0 Å². The van der Waals surface area contributed by atoms with Crippen molar-refractivity contribution in [2.75, 3.05) is 18.5 Å². The summed E-state index contributed by atoms with van der Waals surface area (Å²) in [5.41, 5.74) is 3.33. The zero-order chi connectivity index (χ0) is 15.5. The van der Waals surface area contributed by atoms with Gasteiger partial charge in [-0.2, -0.15) is 0 Å². The summed E-state index contributed by atoms with van der Waals surface area (Å²) in [6, 6.07) is 4.04. The maximum Gasteiger partial charge on any atom is 0.262 e. The van der Waals surface area contributed by atoms with Crippen molar-refractivity contribution in [3.63, 3.8) is 0 Å². The predicted octanol–water partition coefficient (Wildman–Crippen LogP) is 2.35. The molecule has 2 aliphatic rings. The van der Waals surface area contributed by atoms with E-state index in [1.54, 1.807) is 0 Å². The van der Waals surface area contributed by atoms with E-state index in [9.17, 15) is 9.59 Å². The van der Waals surface area contributed by atoms with E-state index in [0.717, 1.165) is 37.1 Å². The van der Waals surface area contributed by atoms with Gasteiger partial charge in [0.25, 0.3) is 5.91 Å². The van der Waals surface area contributed by atoms with Gasteiger partial charge in [0.05, 0.1) is 5.69 Å². The third kappa shape index (κ3) is 2.93. The summed E-state index contributed by atoms with van der Waals surface area (Å²) in [4.78, 5) is 23.2. The molecule has 0 spiro atoms. The number of hydrogen-bond acceptors (Lipinski definition) is 3. The Bertz CT molecular complexity index is 598. The summed E-state index contributed by atoms with van der Waals surface area (Å²) in [6.45, 7) is 2.77. The van der Waals surface area contributed by atoms with Gasteiger partial charge in [-0.25, -0.2) is 0 Å². The van der Waals surface area contributed by atoms with Crippen LogP contribution < -0.4 is 15.4 Å². The van der Waals surface area contributed by atoms with E-state index in [4.69, 9.17) is 4.74 Å². The molecule has 1 unspecified atom stereocenters. The van der Waals surface area contributed by atoms with E-state index < -0.39 is 0 Å². The van der Waals surface area contributed by atoms with Crippen molar-refractivity contribution in [3.05, 3.63) is 23.3 Å². The van der Waals surface area contributed by atoms with Crippen molar-refractivity contribution in [1.29, 1.82) is 0 Å². The molecule has 0 saturated carbocycles. The molecule has 1 aliphatic carbocycles. The Hall–Kier alpha value is -2.04. The van der Waals surface area contributed by atoms with Crippen LogP contribution in [0, 0.1) is 0 Å². The first kappa shape index (κ1) is 14.9. The lowest BCUT2D eigenvalue weighted by Gasteiger charge is -2.23. The maximum absolute atomic E-state index is 11.6. The lowest BCUT2D eigenvalue weighted by Crippen LogP contribution is -2.27. The molecule has 22 heavy (non-hydrogen) atoms. The van der Waals surface area contributed by atoms with E-state index in [2.05, 4.69) is 16.7 Å². The van der Waals surface area contributed by atoms with Gasteiger partial charge < -0.3 is 15.4 Å². The number of anilines is 1. The Morgan fingerprint density at radius 2 is 2.32 bits per heavy atom.